The van der Waals surface area contributed by atoms with Gasteiger partial charge in [-0.05, 0) is 30.7 Å². The number of nitrogens with two attached hydrogens (primary N) is 1. The molecule has 1 amide bonds. The van der Waals surface area contributed by atoms with Gasteiger partial charge >= 0.3 is 0 Å². The summed E-state index contributed by atoms with van der Waals surface area (Å²) in [6.07, 6.45) is 1.75. The molecule has 166 valence electrons. The van der Waals surface area contributed by atoms with Crippen molar-refractivity contribution in [1.82, 2.24) is 4.90 Å². The van der Waals surface area contributed by atoms with Gasteiger partial charge < -0.3 is 24.7 Å². The van der Waals surface area contributed by atoms with Crippen LogP contribution in [0.15, 0.2) is 42.5 Å². The molecule has 31 heavy (non-hydrogen) atoms. The molecular formula is C24H30N2O5. The van der Waals surface area contributed by atoms with Crippen molar-refractivity contribution in [2.24, 2.45) is 5.73 Å². The van der Waals surface area contributed by atoms with E-state index in [2.05, 4.69) is 23.1 Å². The normalized spacial score (nSPS) is 18.0. The van der Waals surface area contributed by atoms with Crippen molar-refractivity contribution in [2.45, 2.75) is 38.5 Å². The lowest BCUT2D eigenvalue weighted by molar-refractivity contribution is -0.119. The average Bonchev–Trinajstić information content (AvgIpc) is 2.89. The average molecular weight is 427 g/mol. The van der Waals surface area contributed by atoms with Crippen LogP contribution in [0.2, 0.25) is 0 Å². The number of rotatable bonds is 7. The van der Waals surface area contributed by atoms with Crippen molar-refractivity contribution in [1.29, 1.82) is 0 Å². The Morgan fingerprint density at radius 2 is 1.94 bits per heavy atom. The number of carbonyl (C=O) groups excluding carboxylic acids is 1. The van der Waals surface area contributed by atoms with Gasteiger partial charge in [0, 0.05) is 38.0 Å². The second-order valence-corrected chi connectivity index (χ2v) is 8.12. The van der Waals surface area contributed by atoms with Crippen LogP contribution in [0.25, 0.3) is 0 Å². The first-order valence-electron chi connectivity index (χ1n) is 10.8. The number of nitrogens with zero attached hydrogens (tertiary/aromatic N) is 1. The SMILES string of the molecule is CCOc1cc(CN2Cc3ccccc3OC3(CCOCC3)C2)ccc1OCC(N)=O. The molecule has 0 bridgehead atoms. The van der Waals surface area contributed by atoms with E-state index < -0.39 is 5.91 Å². The Hall–Kier alpha value is -2.77. The highest BCUT2D eigenvalue weighted by Crippen LogP contribution is 2.36. The third-order valence-electron chi connectivity index (χ3n) is 5.69. The van der Waals surface area contributed by atoms with Crippen LogP contribution in [-0.2, 0) is 22.6 Å². The fourth-order valence-electron chi connectivity index (χ4n) is 4.26. The zero-order chi connectivity index (χ0) is 21.7. The highest BCUT2D eigenvalue weighted by atomic mass is 16.5. The van der Waals surface area contributed by atoms with Crippen LogP contribution in [0.3, 0.4) is 0 Å². The molecule has 7 heteroatoms. The summed E-state index contributed by atoms with van der Waals surface area (Å²) in [6, 6.07) is 14.1. The van der Waals surface area contributed by atoms with Crippen LogP contribution >= 0.6 is 0 Å². The van der Waals surface area contributed by atoms with Crippen LogP contribution in [0.4, 0.5) is 0 Å². The largest absolute Gasteiger partial charge is 0.490 e. The Bertz CT molecular complexity index is 911. The molecular weight excluding hydrogens is 396 g/mol. The molecule has 2 heterocycles. The zero-order valence-corrected chi connectivity index (χ0v) is 18.0. The first kappa shape index (κ1) is 21.5. The first-order chi connectivity index (χ1) is 15.1. The van der Waals surface area contributed by atoms with Gasteiger partial charge in [0.15, 0.2) is 18.1 Å². The lowest BCUT2D eigenvalue weighted by Gasteiger charge is -2.39. The van der Waals surface area contributed by atoms with Gasteiger partial charge in [0.25, 0.3) is 5.91 Å². The summed E-state index contributed by atoms with van der Waals surface area (Å²) in [5, 5.41) is 0. The van der Waals surface area contributed by atoms with E-state index in [4.69, 9.17) is 24.7 Å². The summed E-state index contributed by atoms with van der Waals surface area (Å²) in [5.74, 6) is 1.59. The molecule has 2 aliphatic rings. The minimum absolute atomic E-state index is 0.176. The van der Waals surface area contributed by atoms with E-state index in [9.17, 15) is 4.79 Å². The zero-order valence-electron chi connectivity index (χ0n) is 18.0. The summed E-state index contributed by atoms with van der Waals surface area (Å²) >= 11 is 0. The third kappa shape index (κ3) is 5.29. The van der Waals surface area contributed by atoms with Gasteiger partial charge in [-0.3, -0.25) is 9.69 Å². The van der Waals surface area contributed by atoms with Crippen molar-refractivity contribution in [3.63, 3.8) is 0 Å². The van der Waals surface area contributed by atoms with Crippen LogP contribution in [0.1, 0.15) is 30.9 Å². The van der Waals surface area contributed by atoms with Crippen molar-refractivity contribution in [3.05, 3.63) is 53.6 Å². The van der Waals surface area contributed by atoms with Crippen LogP contribution in [0.5, 0.6) is 17.2 Å². The molecule has 2 N–H and O–H groups in total. The molecule has 4 rings (SSSR count). The minimum atomic E-state index is -0.517. The van der Waals surface area contributed by atoms with Gasteiger partial charge in [0.2, 0.25) is 0 Å². The maximum absolute atomic E-state index is 11.1. The van der Waals surface area contributed by atoms with E-state index in [1.807, 2.05) is 31.2 Å². The standard InChI is InChI=1S/C24H30N2O5/c1-2-29-22-13-18(7-8-21(22)30-16-23(25)27)14-26-15-19-5-3-4-6-20(19)31-24(17-26)9-11-28-12-10-24/h3-8,13H,2,9-12,14-17H2,1H3,(H2,25,27). The molecule has 1 spiro atoms. The monoisotopic (exact) mass is 426 g/mol. The summed E-state index contributed by atoms with van der Waals surface area (Å²) in [6.45, 7) is 6.07. The first-order valence-corrected chi connectivity index (χ1v) is 10.8. The predicted molar refractivity (Wildman–Crippen MR) is 116 cm³/mol. The van der Waals surface area contributed by atoms with Crippen LogP contribution in [-0.4, -0.2) is 49.4 Å². The van der Waals surface area contributed by atoms with Crippen molar-refractivity contribution in [2.75, 3.05) is 33.0 Å². The number of para-hydroxylation sites is 1. The van der Waals surface area contributed by atoms with Gasteiger partial charge in [0.05, 0.1) is 19.8 Å². The Balaban J connectivity index is 1.57. The number of fused-ring (bicyclic) bond motifs is 1. The second-order valence-electron chi connectivity index (χ2n) is 8.12. The van der Waals surface area contributed by atoms with E-state index in [0.29, 0.717) is 18.1 Å². The van der Waals surface area contributed by atoms with Gasteiger partial charge in [-0.25, -0.2) is 0 Å². The van der Waals surface area contributed by atoms with Crippen molar-refractivity contribution < 1.29 is 23.7 Å². The van der Waals surface area contributed by atoms with Gasteiger partial charge in [-0.15, -0.1) is 0 Å². The number of hydrogen-bond acceptors (Lipinski definition) is 6. The molecule has 1 saturated heterocycles. The number of carbonyl (C=O) groups is 1. The highest BCUT2D eigenvalue weighted by molar-refractivity contribution is 5.75. The summed E-state index contributed by atoms with van der Waals surface area (Å²) in [7, 11) is 0. The van der Waals surface area contributed by atoms with Gasteiger partial charge in [-0.2, -0.15) is 0 Å². The number of amides is 1. The summed E-state index contributed by atoms with van der Waals surface area (Å²) in [4.78, 5) is 13.5. The predicted octanol–water partition coefficient (Wildman–Crippen LogP) is 2.89. The number of primary amides is 1. The maximum Gasteiger partial charge on any atom is 0.255 e. The van der Waals surface area contributed by atoms with E-state index in [1.165, 1.54) is 5.56 Å². The highest BCUT2D eigenvalue weighted by Gasteiger charge is 2.39. The minimum Gasteiger partial charge on any atom is -0.490 e. The Kier molecular flexibility index (Phi) is 6.63. The quantitative estimate of drug-likeness (QED) is 0.733. The molecule has 0 aliphatic carbocycles. The molecule has 1 fully saturated rings. The number of ether oxygens (including phenoxy) is 4. The Morgan fingerprint density at radius 1 is 1.13 bits per heavy atom. The van der Waals surface area contributed by atoms with E-state index in [0.717, 1.165) is 57.0 Å². The van der Waals surface area contributed by atoms with E-state index in [1.54, 1.807) is 0 Å². The Labute approximate surface area is 183 Å². The fourth-order valence-corrected chi connectivity index (χ4v) is 4.26. The molecule has 0 atom stereocenters. The molecule has 2 aromatic rings. The van der Waals surface area contributed by atoms with Crippen molar-refractivity contribution in [3.8, 4) is 17.2 Å². The van der Waals surface area contributed by atoms with E-state index >= 15 is 0 Å². The topological polar surface area (TPSA) is 83.2 Å². The molecule has 2 aromatic carbocycles. The summed E-state index contributed by atoms with van der Waals surface area (Å²) in [5.41, 5.74) is 7.27. The fraction of sp³-hybridized carbons (Fsp3) is 0.458. The molecule has 0 saturated carbocycles. The molecule has 0 radical (unpaired) electrons. The molecule has 0 unspecified atom stereocenters. The Morgan fingerprint density at radius 3 is 2.71 bits per heavy atom. The van der Waals surface area contributed by atoms with Gasteiger partial charge in [-0.1, -0.05) is 24.3 Å². The third-order valence-corrected chi connectivity index (χ3v) is 5.69. The van der Waals surface area contributed by atoms with Crippen molar-refractivity contribution >= 4 is 5.91 Å². The van der Waals surface area contributed by atoms with Gasteiger partial charge in [0.1, 0.15) is 11.4 Å². The smallest absolute Gasteiger partial charge is 0.255 e. The lowest BCUT2D eigenvalue weighted by atomic mass is 9.93. The van der Waals surface area contributed by atoms with E-state index in [-0.39, 0.29) is 12.2 Å². The lowest BCUT2D eigenvalue weighted by Crippen LogP contribution is -2.49. The maximum atomic E-state index is 11.1. The summed E-state index contributed by atoms with van der Waals surface area (Å²) < 4.78 is 23.5. The molecule has 7 nitrogen and oxygen atoms in total. The molecule has 2 aliphatic heterocycles. The van der Waals surface area contributed by atoms with Crippen LogP contribution < -0.4 is 19.9 Å². The number of hydrogen-bond donors (Lipinski definition) is 1. The molecule has 0 aromatic heterocycles. The second kappa shape index (κ2) is 9.58. The number of benzene rings is 2. The van der Waals surface area contributed by atoms with Crippen LogP contribution in [0, 0.1) is 0 Å².